The van der Waals surface area contributed by atoms with Crippen molar-refractivity contribution >= 4 is 5.95 Å². The topological polar surface area (TPSA) is 54.2 Å². The highest BCUT2D eigenvalue weighted by Gasteiger charge is 2.30. The molecule has 1 N–H and O–H groups in total. The van der Waals surface area contributed by atoms with E-state index in [1.807, 2.05) is 7.05 Å². The van der Waals surface area contributed by atoms with Gasteiger partial charge in [-0.25, -0.2) is 0 Å². The van der Waals surface area contributed by atoms with Crippen LogP contribution in [0.5, 0.6) is 0 Å². The van der Waals surface area contributed by atoms with E-state index in [-0.39, 0.29) is 0 Å². The lowest BCUT2D eigenvalue weighted by molar-refractivity contribution is 0.270. The summed E-state index contributed by atoms with van der Waals surface area (Å²) in [5.74, 6) is 2.02. The predicted octanol–water partition coefficient (Wildman–Crippen LogP) is 1.92. The number of rotatable bonds is 3. The van der Waals surface area contributed by atoms with Gasteiger partial charge >= 0.3 is 0 Å². The zero-order valence-electron chi connectivity index (χ0n) is 11.1. The summed E-state index contributed by atoms with van der Waals surface area (Å²) in [6, 6.07) is 0.491. The number of hydrogen-bond acceptors (Lipinski definition) is 5. The van der Waals surface area contributed by atoms with E-state index in [0.717, 1.165) is 31.3 Å². The Morgan fingerprint density at radius 2 is 1.94 bits per heavy atom. The number of anilines is 1. The summed E-state index contributed by atoms with van der Waals surface area (Å²) in [6.07, 6.45) is 7.42. The van der Waals surface area contributed by atoms with Gasteiger partial charge in [-0.2, -0.15) is 4.98 Å². The van der Waals surface area contributed by atoms with Crippen LogP contribution in [0.3, 0.4) is 0 Å². The van der Waals surface area contributed by atoms with Crippen LogP contribution < -0.4 is 10.2 Å². The molecule has 0 spiro atoms. The monoisotopic (exact) mass is 250 g/mol. The number of hydrogen-bond donors (Lipinski definition) is 1. The number of nitrogens with one attached hydrogen (secondary N) is 1. The Labute approximate surface area is 108 Å². The Bertz CT molecular complexity index is 386. The van der Waals surface area contributed by atoms with Crippen molar-refractivity contribution in [3.05, 3.63) is 5.89 Å². The summed E-state index contributed by atoms with van der Waals surface area (Å²) in [7, 11) is 2.03. The van der Waals surface area contributed by atoms with Gasteiger partial charge in [0.15, 0.2) is 0 Å². The van der Waals surface area contributed by atoms with Crippen LogP contribution in [0.15, 0.2) is 4.52 Å². The molecule has 0 radical (unpaired) electrons. The summed E-state index contributed by atoms with van der Waals surface area (Å²) < 4.78 is 5.51. The second-order valence-corrected chi connectivity index (χ2v) is 5.41. The van der Waals surface area contributed by atoms with Crippen molar-refractivity contribution < 1.29 is 4.52 Å². The van der Waals surface area contributed by atoms with Crippen LogP contribution in [0.25, 0.3) is 0 Å². The molecule has 18 heavy (non-hydrogen) atoms. The number of nitrogens with zero attached hydrogens (tertiary/aromatic N) is 3. The molecule has 0 aromatic carbocycles. The third-order valence-corrected chi connectivity index (χ3v) is 4.27. The van der Waals surface area contributed by atoms with Gasteiger partial charge in [0.1, 0.15) is 0 Å². The van der Waals surface area contributed by atoms with Gasteiger partial charge in [0.05, 0.1) is 5.92 Å². The van der Waals surface area contributed by atoms with Crippen molar-refractivity contribution in [2.75, 3.05) is 25.0 Å². The zero-order valence-corrected chi connectivity index (χ0v) is 11.1. The molecule has 2 heterocycles. The van der Waals surface area contributed by atoms with Crippen LogP contribution in [0.2, 0.25) is 0 Å². The second kappa shape index (κ2) is 5.26. The van der Waals surface area contributed by atoms with Crippen LogP contribution in [-0.4, -0.2) is 36.3 Å². The van der Waals surface area contributed by atoms with E-state index in [9.17, 15) is 0 Å². The molecular formula is C13H22N4O. The maximum absolute atomic E-state index is 5.51. The van der Waals surface area contributed by atoms with Gasteiger partial charge in [-0.15, -0.1) is 0 Å². The predicted molar refractivity (Wildman–Crippen MR) is 69.8 cm³/mol. The van der Waals surface area contributed by atoms with Crippen LogP contribution in [0.1, 0.15) is 50.3 Å². The third-order valence-electron chi connectivity index (χ3n) is 4.27. The molecule has 1 saturated carbocycles. The Hall–Kier alpha value is -1.10. The lowest BCUT2D eigenvalue weighted by Crippen LogP contribution is -2.34. The molecule has 100 valence electrons. The molecule has 2 atom stereocenters. The van der Waals surface area contributed by atoms with Gasteiger partial charge in [-0.3, -0.25) is 0 Å². The SMILES string of the molecule is CNC1CCCCC1c1nc(N2CCCC2)no1. The highest BCUT2D eigenvalue weighted by atomic mass is 16.5. The van der Waals surface area contributed by atoms with Crippen LogP contribution in [-0.2, 0) is 0 Å². The van der Waals surface area contributed by atoms with Gasteiger partial charge in [-0.05, 0) is 37.9 Å². The van der Waals surface area contributed by atoms with Gasteiger partial charge in [0.25, 0.3) is 5.95 Å². The standard InChI is InChI=1S/C13H22N4O/c1-14-11-7-3-2-6-10(11)12-15-13(16-18-12)17-8-4-5-9-17/h10-11,14H,2-9H2,1H3. The van der Waals surface area contributed by atoms with E-state index in [0.29, 0.717) is 12.0 Å². The van der Waals surface area contributed by atoms with E-state index in [4.69, 9.17) is 4.52 Å². The third kappa shape index (κ3) is 2.23. The minimum absolute atomic E-state index is 0.396. The Kier molecular flexibility index (Phi) is 3.50. The highest BCUT2D eigenvalue weighted by molar-refractivity contribution is 5.29. The molecule has 1 aliphatic carbocycles. The van der Waals surface area contributed by atoms with Crippen molar-refractivity contribution in [2.24, 2.45) is 0 Å². The molecule has 1 saturated heterocycles. The molecule has 2 fully saturated rings. The van der Waals surface area contributed by atoms with Crippen molar-refractivity contribution in [2.45, 2.75) is 50.5 Å². The highest BCUT2D eigenvalue weighted by Crippen LogP contribution is 2.33. The van der Waals surface area contributed by atoms with Crippen molar-refractivity contribution in [3.63, 3.8) is 0 Å². The Morgan fingerprint density at radius 1 is 1.17 bits per heavy atom. The average Bonchev–Trinajstić information content (AvgIpc) is 3.09. The van der Waals surface area contributed by atoms with E-state index < -0.39 is 0 Å². The maximum atomic E-state index is 5.51. The summed E-state index contributed by atoms with van der Waals surface area (Å²) in [6.45, 7) is 2.14. The maximum Gasteiger partial charge on any atom is 0.266 e. The molecule has 5 nitrogen and oxygen atoms in total. The number of likely N-dealkylation sites (N-methyl/N-ethyl adjacent to an activating group) is 1. The molecule has 0 bridgehead atoms. The zero-order chi connectivity index (χ0) is 12.4. The normalized spacial score (nSPS) is 28.8. The summed E-state index contributed by atoms with van der Waals surface area (Å²) in [5, 5.41) is 7.54. The quantitative estimate of drug-likeness (QED) is 0.888. The molecule has 5 heteroatoms. The van der Waals surface area contributed by atoms with Crippen LogP contribution in [0, 0.1) is 0 Å². The summed E-state index contributed by atoms with van der Waals surface area (Å²) in [5.41, 5.74) is 0. The van der Waals surface area contributed by atoms with E-state index >= 15 is 0 Å². The van der Waals surface area contributed by atoms with Gasteiger partial charge in [0.2, 0.25) is 5.89 Å². The Morgan fingerprint density at radius 3 is 2.72 bits per heavy atom. The summed E-state index contributed by atoms with van der Waals surface area (Å²) >= 11 is 0. The van der Waals surface area contributed by atoms with Crippen LogP contribution in [0.4, 0.5) is 5.95 Å². The van der Waals surface area contributed by atoms with E-state index in [2.05, 4.69) is 20.4 Å². The minimum Gasteiger partial charge on any atom is -0.338 e. The first-order valence-corrected chi connectivity index (χ1v) is 7.14. The largest absolute Gasteiger partial charge is 0.338 e. The first-order chi connectivity index (χ1) is 8.88. The van der Waals surface area contributed by atoms with E-state index in [1.54, 1.807) is 0 Å². The number of aromatic nitrogens is 2. The fourth-order valence-electron chi connectivity index (χ4n) is 3.20. The van der Waals surface area contributed by atoms with Gasteiger partial charge < -0.3 is 14.7 Å². The van der Waals surface area contributed by atoms with Crippen LogP contribution >= 0.6 is 0 Å². The molecule has 0 amide bonds. The minimum atomic E-state index is 0.396. The molecule has 3 rings (SSSR count). The first-order valence-electron chi connectivity index (χ1n) is 7.14. The lowest BCUT2D eigenvalue weighted by Gasteiger charge is -2.28. The molecular weight excluding hydrogens is 228 g/mol. The molecule has 2 aliphatic rings. The molecule has 1 aliphatic heterocycles. The molecule has 1 aromatic rings. The van der Waals surface area contributed by atoms with Crippen molar-refractivity contribution in [3.8, 4) is 0 Å². The second-order valence-electron chi connectivity index (χ2n) is 5.41. The first kappa shape index (κ1) is 12.0. The Balaban J connectivity index is 1.74. The smallest absolute Gasteiger partial charge is 0.266 e. The lowest BCUT2D eigenvalue weighted by atomic mass is 9.84. The molecule has 1 aromatic heterocycles. The van der Waals surface area contributed by atoms with Gasteiger partial charge in [0, 0.05) is 19.1 Å². The van der Waals surface area contributed by atoms with Crippen molar-refractivity contribution in [1.29, 1.82) is 0 Å². The van der Waals surface area contributed by atoms with Crippen molar-refractivity contribution in [1.82, 2.24) is 15.5 Å². The summed E-state index contributed by atoms with van der Waals surface area (Å²) in [4.78, 5) is 6.85. The van der Waals surface area contributed by atoms with Gasteiger partial charge in [-0.1, -0.05) is 12.8 Å². The average molecular weight is 250 g/mol. The fraction of sp³-hybridized carbons (Fsp3) is 0.846. The fourth-order valence-corrected chi connectivity index (χ4v) is 3.20. The molecule has 2 unspecified atom stereocenters. The van der Waals surface area contributed by atoms with E-state index in [1.165, 1.54) is 32.1 Å².